The molecule has 1 aromatic rings. The van der Waals surface area contributed by atoms with Gasteiger partial charge in [0.25, 0.3) is 0 Å². The van der Waals surface area contributed by atoms with E-state index in [1.54, 1.807) is 0 Å². The molecule has 112 valence electrons. The van der Waals surface area contributed by atoms with Gasteiger partial charge in [0.2, 0.25) is 5.91 Å². The average molecular weight is 362 g/mol. The molecule has 1 fully saturated rings. The molecular weight excluding hydrogens is 340 g/mol. The lowest BCUT2D eigenvalue weighted by molar-refractivity contribution is -0.123. The maximum absolute atomic E-state index is 12.1. The maximum Gasteiger partial charge on any atom is 0.220 e. The summed E-state index contributed by atoms with van der Waals surface area (Å²) in [5.74, 6) is 0.653. The summed E-state index contributed by atoms with van der Waals surface area (Å²) < 4.78 is 1.06. The van der Waals surface area contributed by atoms with Crippen LogP contribution in [-0.2, 0) is 11.2 Å². The van der Waals surface area contributed by atoms with E-state index < -0.39 is 0 Å². The van der Waals surface area contributed by atoms with Crippen molar-refractivity contribution in [1.29, 1.82) is 0 Å². The molecule has 0 aliphatic heterocycles. The SMILES string of the molecule is CC(CN)(NC(=O)CCc1ccccc1Br)C1CC1.Cl. The average Bonchev–Trinajstić information content (AvgIpc) is 3.22. The van der Waals surface area contributed by atoms with Gasteiger partial charge in [-0.05, 0) is 43.7 Å². The first-order chi connectivity index (χ1) is 9.05. The number of amides is 1. The zero-order chi connectivity index (χ0) is 13.9. The fraction of sp³-hybridized carbons (Fsp3) is 0.533. The minimum Gasteiger partial charge on any atom is -0.349 e. The first-order valence-electron chi connectivity index (χ1n) is 6.79. The molecule has 0 heterocycles. The van der Waals surface area contributed by atoms with Gasteiger partial charge in [-0.25, -0.2) is 0 Å². The summed E-state index contributed by atoms with van der Waals surface area (Å²) >= 11 is 3.50. The molecule has 0 spiro atoms. The van der Waals surface area contributed by atoms with Crippen LogP contribution in [0.25, 0.3) is 0 Å². The molecule has 1 saturated carbocycles. The van der Waals surface area contributed by atoms with Crippen molar-refractivity contribution in [1.82, 2.24) is 5.32 Å². The Kier molecular flexibility index (Phi) is 6.49. The van der Waals surface area contributed by atoms with Gasteiger partial charge in [-0.15, -0.1) is 12.4 Å². The van der Waals surface area contributed by atoms with Crippen molar-refractivity contribution in [3.05, 3.63) is 34.3 Å². The van der Waals surface area contributed by atoms with Crippen LogP contribution in [0.1, 0.15) is 31.7 Å². The Balaban J connectivity index is 0.00000200. The van der Waals surface area contributed by atoms with Gasteiger partial charge in [0.05, 0.1) is 5.54 Å². The normalized spacial score (nSPS) is 16.9. The topological polar surface area (TPSA) is 55.1 Å². The number of halogens is 2. The number of aryl methyl sites for hydroxylation is 1. The molecule has 1 atom stereocenters. The molecule has 1 aliphatic carbocycles. The Morgan fingerprint density at radius 3 is 2.65 bits per heavy atom. The minimum atomic E-state index is -0.217. The molecule has 3 N–H and O–H groups in total. The summed E-state index contributed by atoms with van der Waals surface area (Å²) in [6.07, 6.45) is 3.61. The highest BCUT2D eigenvalue weighted by molar-refractivity contribution is 9.10. The molecule has 0 saturated heterocycles. The lowest BCUT2D eigenvalue weighted by Gasteiger charge is -2.29. The van der Waals surface area contributed by atoms with E-state index in [2.05, 4.69) is 28.2 Å². The first-order valence-corrected chi connectivity index (χ1v) is 7.59. The lowest BCUT2D eigenvalue weighted by atomic mass is 9.95. The van der Waals surface area contributed by atoms with Gasteiger partial charge in [0, 0.05) is 17.4 Å². The van der Waals surface area contributed by atoms with Crippen LogP contribution in [0.4, 0.5) is 0 Å². The Bertz CT molecular complexity index is 465. The summed E-state index contributed by atoms with van der Waals surface area (Å²) in [6.45, 7) is 2.57. The molecule has 1 unspecified atom stereocenters. The quantitative estimate of drug-likeness (QED) is 0.818. The number of rotatable bonds is 6. The molecule has 1 aliphatic rings. The number of carbonyl (C=O) groups excluding carboxylic acids is 1. The number of nitrogens with two attached hydrogens (primary N) is 1. The van der Waals surface area contributed by atoms with Crippen LogP contribution in [0.3, 0.4) is 0 Å². The third-order valence-electron chi connectivity index (χ3n) is 3.91. The van der Waals surface area contributed by atoms with Crippen molar-refractivity contribution in [2.45, 2.75) is 38.1 Å². The van der Waals surface area contributed by atoms with Crippen molar-refractivity contribution < 1.29 is 4.79 Å². The molecule has 0 radical (unpaired) electrons. The van der Waals surface area contributed by atoms with Crippen molar-refractivity contribution >= 4 is 34.2 Å². The largest absolute Gasteiger partial charge is 0.349 e. The minimum absolute atomic E-state index is 0. The third kappa shape index (κ3) is 4.47. The molecule has 3 nitrogen and oxygen atoms in total. The standard InChI is InChI=1S/C15H21BrN2O.ClH/c1-15(10-17,12-7-8-12)18-14(19)9-6-11-4-2-3-5-13(11)16;/h2-5,12H,6-10,17H2,1H3,(H,18,19);1H. The van der Waals surface area contributed by atoms with E-state index in [0.717, 1.165) is 10.9 Å². The zero-order valence-corrected chi connectivity index (χ0v) is 14.1. The van der Waals surface area contributed by atoms with E-state index >= 15 is 0 Å². The molecule has 20 heavy (non-hydrogen) atoms. The Morgan fingerprint density at radius 1 is 1.45 bits per heavy atom. The zero-order valence-electron chi connectivity index (χ0n) is 11.7. The van der Waals surface area contributed by atoms with E-state index in [0.29, 0.717) is 18.9 Å². The molecular formula is C15H22BrClN2O. The highest BCUT2D eigenvalue weighted by Crippen LogP contribution is 2.39. The summed E-state index contributed by atoms with van der Waals surface area (Å²) in [7, 11) is 0. The molecule has 0 bridgehead atoms. The van der Waals surface area contributed by atoms with E-state index in [4.69, 9.17) is 5.73 Å². The van der Waals surface area contributed by atoms with Crippen LogP contribution in [0.2, 0.25) is 0 Å². The van der Waals surface area contributed by atoms with E-state index in [-0.39, 0.29) is 23.9 Å². The van der Waals surface area contributed by atoms with Crippen LogP contribution in [-0.4, -0.2) is 18.0 Å². The van der Waals surface area contributed by atoms with Crippen LogP contribution >= 0.6 is 28.3 Å². The predicted molar refractivity (Wildman–Crippen MR) is 88.0 cm³/mol. The van der Waals surface area contributed by atoms with Gasteiger partial charge in [-0.3, -0.25) is 4.79 Å². The lowest BCUT2D eigenvalue weighted by Crippen LogP contribution is -2.53. The second-order valence-electron chi connectivity index (χ2n) is 5.54. The van der Waals surface area contributed by atoms with Crippen molar-refractivity contribution in [2.24, 2.45) is 11.7 Å². The van der Waals surface area contributed by atoms with Crippen molar-refractivity contribution in [2.75, 3.05) is 6.54 Å². The number of hydrogen-bond donors (Lipinski definition) is 2. The number of hydrogen-bond acceptors (Lipinski definition) is 2. The molecule has 0 aromatic heterocycles. The van der Waals surface area contributed by atoms with Gasteiger partial charge < -0.3 is 11.1 Å². The van der Waals surface area contributed by atoms with Crippen LogP contribution in [0.15, 0.2) is 28.7 Å². The first kappa shape index (κ1) is 17.5. The van der Waals surface area contributed by atoms with E-state index in [9.17, 15) is 4.79 Å². The van der Waals surface area contributed by atoms with Gasteiger partial charge in [-0.1, -0.05) is 34.1 Å². The van der Waals surface area contributed by atoms with Gasteiger partial charge >= 0.3 is 0 Å². The Morgan fingerprint density at radius 2 is 2.10 bits per heavy atom. The van der Waals surface area contributed by atoms with Crippen LogP contribution < -0.4 is 11.1 Å². The number of nitrogens with one attached hydrogen (secondary N) is 1. The number of benzene rings is 1. The summed E-state index contributed by atoms with van der Waals surface area (Å²) in [6, 6.07) is 8.01. The molecule has 5 heteroatoms. The monoisotopic (exact) mass is 360 g/mol. The maximum atomic E-state index is 12.1. The van der Waals surface area contributed by atoms with Gasteiger partial charge in [0.15, 0.2) is 0 Å². The molecule has 2 rings (SSSR count). The van der Waals surface area contributed by atoms with Crippen LogP contribution in [0, 0.1) is 5.92 Å². The van der Waals surface area contributed by atoms with Crippen molar-refractivity contribution in [3.8, 4) is 0 Å². The fourth-order valence-corrected chi connectivity index (χ4v) is 2.85. The Hall–Kier alpha value is -0.580. The molecule has 1 amide bonds. The summed E-state index contributed by atoms with van der Waals surface area (Å²) in [4.78, 5) is 12.1. The van der Waals surface area contributed by atoms with Gasteiger partial charge in [0.1, 0.15) is 0 Å². The van der Waals surface area contributed by atoms with Crippen LogP contribution in [0.5, 0.6) is 0 Å². The third-order valence-corrected chi connectivity index (χ3v) is 4.68. The second-order valence-corrected chi connectivity index (χ2v) is 6.39. The van der Waals surface area contributed by atoms with E-state index in [1.165, 1.54) is 18.4 Å². The Labute approximate surface area is 135 Å². The van der Waals surface area contributed by atoms with Crippen molar-refractivity contribution in [3.63, 3.8) is 0 Å². The summed E-state index contributed by atoms with van der Waals surface area (Å²) in [5, 5.41) is 3.12. The fourth-order valence-electron chi connectivity index (χ4n) is 2.37. The van der Waals surface area contributed by atoms with Gasteiger partial charge in [-0.2, -0.15) is 0 Å². The highest BCUT2D eigenvalue weighted by Gasteiger charge is 2.41. The smallest absolute Gasteiger partial charge is 0.220 e. The predicted octanol–water partition coefficient (Wildman–Crippen LogP) is 3.05. The van der Waals surface area contributed by atoms with E-state index in [1.807, 2.05) is 24.3 Å². The summed E-state index contributed by atoms with van der Waals surface area (Å²) in [5.41, 5.74) is 6.75. The highest BCUT2D eigenvalue weighted by atomic mass is 79.9. The second kappa shape index (κ2) is 7.43. The number of carbonyl (C=O) groups is 1. The molecule has 1 aromatic carbocycles.